The number of anilines is 2. The predicted molar refractivity (Wildman–Crippen MR) is 165 cm³/mol. The van der Waals surface area contributed by atoms with E-state index in [9.17, 15) is 5.26 Å². The number of benzene rings is 2. The zero-order valence-electron chi connectivity index (χ0n) is 25.0. The van der Waals surface area contributed by atoms with Crippen LogP contribution in [0, 0.1) is 18.3 Å². The molecule has 3 aliphatic rings. The zero-order valence-corrected chi connectivity index (χ0v) is 25.0. The SMILES string of the molecule is Cc1cccc2cccc(N3CCc4c(nc(OC[C@@H]5CCCN5C)nc4N4CCN(C(C)C)[C@@H](CC#N)C4)C3)c12. The molecule has 0 radical (unpaired) electrons. The molecule has 0 unspecified atom stereocenters. The number of rotatable bonds is 7. The number of hydrogen-bond acceptors (Lipinski definition) is 8. The van der Waals surface area contributed by atoms with Crippen LogP contribution in [-0.2, 0) is 13.0 Å². The molecule has 41 heavy (non-hydrogen) atoms. The Bertz CT molecular complexity index is 1430. The molecular weight excluding hydrogens is 510 g/mol. The van der Waals surface area contributed by atoms with Crippen molar-refractivity contribution in [3.8, 4) is 12.1 Å². The van der Waals surface area contributed by atoms with Gasteiger partial charge in [0, 0.05) is 60.9 Å². The van der Waals surface area contributed by atoms with Crippen LogP contribution in [0.25, 0.3) is 10.8 Å². The highest BCUT2D eigenvalue weighted by Gasteiger charge is 2.33. The number of nitriles is 1. The van der Waals surface area contributed by atoms with Crippen molar-refractivity contribution >= 4 is 22.3 Å². The molecule has 4 heterocycles. The normalized spacial score (nSPS) is 21.9. The maximum Gasteiger partial charge on any atom is 0.318 e. The molecule has 2 aromatic carbocycles. The number of aromatic nitrogens is 2. The van der Waals surface area contributed by atoms with Crippen molar-refractivity contribution in [2.75, 3.05) is 56.2 Å². The standard InChI is InChI=1S/C33H43N7O/c1-23(2)40-19-18-39(20-26(40)13-15-34)32-28-14-17-38(30-12-6-10-25-9-5-8-24(3)31(25)30)21-29(28)35-33(36-32)41-22-27-11-7-16-37(27)4/h5-6,8-10,12,23,26-27H,7,11,13-14,16-22H2,1-4H3/t26-,27-/m0/s1. The molecule has 6 rings (SSSR count). The van der Waals surface area contributed by atoms with E-state index in [1.807, 2.05) is 0 Å². The molecule has 0 N–H and O–H groups in total. The lowest BCUT2D eigenvalue weighted by molar-refractivity contribution is 0.138. The minimum absolute atomic E-state index is 0.189. The molecule has 8 heteroatoms. The number of likely N-dealkylation sites (N-methyl/N-ethyl adjacent to an activating group) is 1. The van der Waals surface area contributed by atoms with Crippen molar-refractivity contribution in [2.45, 2.75) is 71.1 Å². The van der Waals surface area contributed by atoms with Crippen LogP contribution in [-0.4, -0.2) is 84.3 Å². The smallest absolute Gasteiger partial charge is 0.318 e. The molecule has 3 aromatic rings. The summed E-state index contributed by atoms with van der Waals surface area (Å²) < 4.78 is 6.35. The van der Waals surface area contributed by atoms with Gasteiger partial charge in [0.2, 0.25) is 0 Å². The summed E-state index contributed by atoms with van der Waals surface area (Å²) in [5, 5.41) is 12.2. The van der Waals surface area contributed by atoms with Gasteiger partial charge in [-0.2, -0.15) is 15.2 Å². The molecule has 8 nitrogen and oxygen atoms in total. The summed E-state index contributed by atoms with van der Waals surface area (Å²) in [6.07, 6.45) is 3.76. The van der Waals surface area contributed by atoms with Crippen LogP contribution in [0.4, 0.5) is 11.5 Å². The van der Waals surface area contributed by atoms with Crippen LogP contribution in [0.15, 0.2) is 36.4 Å². The highest BCUT2D eigenvalue weighted by Crippen LogP contribution is 2.36. The second-order valence-electron chi connectivity index (χ2n) is 12.3. The Kier molecular flexibility index (Phi) is 8.01. The average Bonchev–Trinajstić information content (AvgIpc) is 3.39. The Labute approximate surface area is 244 Å². The van der Waals surface area contributed by atoms with E-state index in [1.165, 1.54) is 34.0 Å². The van der Waals surface area contributed by atoms with Crippen molar-refractivity contribution in [2.24, 2.45) is 0 Å². The van der Waals surface area contributed by atoms with Crippen molar-refractivity contribution < 1.29 is 4.74 Å². The van der Waals surface area contributed by atoms with E-state index in [2.05, 4.69) is 89.9 Å². The van der Waals surface area contributed by atoms with Gasteiger partial charge in [-0.3, -0.25) is 4.90 Å². The molecule has 2 atom stereocenters. The summed E-state index contributed by atoms with van der Waals surface area (Å²) in [7, 11) is 2.17. The van der Waals surface area contributed by atoms with Gasteiger partial charge in [0.1, 0.15) is 12.4 Å². The van der Waals surface area contributed by atoms with Crippen LogP contribution in [0.3, 0.4) is 0 Å². The molecular formula is C33H43N7O. The maximum absolute atomic E-state index is 9.59. The van der Waals surface area contributed by atoms with Crippen molar-refractivity contribution in [1.82, 2.24) is 19.8 Å². The third kappa shape index (κ3) is 5.58. The first-order chi connectivity index (χ1) is 19.9. The van der Waals surface area contributed by atoms with Gasteiger partial charge in [-0.1, -0.05) is 30.3 Å². The largest absolute Gasteiger partial charge is 0.462 e. The van der Waals surface area contributed by atoms with Crippen LogP contribution >= 0.6 is 0 Å². The molecule has 0 saturated carbocycles. The third-order valence-electron chi connectivity index (χ3n) is 9.35. The summed E-state index contributed by atoms with van der Waals surface area (Å²) >= 11 is 0. The second-order valence-corrected chi connectivity index (χ2v) is 12.3. The fraction of sp³-hybridized carbons (Fsp3) is 0.545. The Morgan fingerprint density at radius 1 is 1.02 bits per heavy atom. The van der Waals surface area contributed by atoms with Crippen molar-refractivity contribution in [1.29, 1.82) is 5.26 Å². The topological polar surface area (TPSA) is 71.8 Å². The first kappa shape index (κ1) is 27.7. The molecule has 0 spiro atoms. The Hall–Kier alpha value is -3.41. The highest BCUT2D eigenvalue weighted by atomic mass is 16.5. The average molecular weight is 554 g/mol. The van der Waals surface area contributed by atoms with E-state index in [1.54, 1.807) is 0 Å². The quantitative estimate of drug-likeness (QED) is 0.414. The number of ether oxygens (including phenoxy) is 1. The Balaban J connectivity index is 1.34. The zero-order chi connectivity index (χ0) is 28.5. The van der Waals surface area contributed by atoms with Crippen LogP contribution in [0.5, 0.6) is 6.01 Å². The molecule has 0 aliphatic carbocycles. The highest BCUT2D eigenvalue weighted by molar-refractivity contribution is 5.97. The first-order valence-electron chi connectivity index (χ1n) is 15.3. The fourth-order valence-electron chi connectivity index (χ4n) is 7.08. The number of likely N-dealkylation sites (tertiary alicyclic amines) is 1. The molecule has 216 valence electrons. The van der Waals surface area contributed by atoms with Crippen LogP contribution in [0.2, 0.25) is 0 Å². The number of fused-ring (bicyclic) bond motifs is 2. The lowest BCUT2D eigenvalue weighted by Gasteiger charge is -2.44. The Morgan fingerprint density at radius 2 is 1.85 bits per heavy atom. The van der Waals surface area contributed by atoms with Gasteiger partial charge in [0.15, 0.2) is 0 Å². The summed E-state index contributed by atoms with van der Waals surface area (Å²) in [5.74, 6) is 1.00. The van der Waals surface area contributed by atoms with Gasteiger partial charge < -0.3 is 19.4 Å². The molecule has 2 saturated heterocycles. The minimum Gasteiger partial charge on any atom is -0.462 e. The van der Waals surface area contributed by atoms with E-state index in [-0.39, 0.29) is 6.04 Å². The fourth-order valence-corrected chi connectivity index (χ4v) is 7.08. The molecule has 0 amide bonds. The number of nitrogens with zero attached hydrogens (tertiary/aromatic N) is 7. The van der Waals surface area contributed by atoms with Gasteiger partial charge in [0.05, 0.1) is 24.7 Å². The van der Waals surface area contributed by atoms with Crippen molar-refractivity contribution in [3.05, 3.63) is 53.2 Å². The van der Waals surface area contributed by atoms with Gasteiger partial charge >= 0.3 is 6.01 Å². The van der Waals surface area contributed by atoms with E-state index in [4.69, 9.17) is 14.7 Å². The summed E-state index contributed by atoms with van der Waals surface area (Å²) in [5.41, 5.74) is 4.85. The molecule has 0 bridgehead atoms. The number of hydrogen-bond donors (Lipinski definition) is 0. The number of piperazine rings is 1. The predicted octanol–water partition coefficient (Wildman–Crippen LogP) is 4.79. The molecule has 2 fully saturated rings. The summed E-state index contributed by atoms with van der Waals surface area (Å²) in [6, 6.07) is 17.1. The summed E-state index contributed by atoms with van der Waals surface area (Å²) in [6.45, 7) is 12.6. The maximum atomic E-state index is 9.59. The van der Waals surface area contributed by atoms with Gasteiger partial charge in [-0.05, 0) is 70.6 Å². The minimum atomic E-state index is 0.189. The third-order valence-corrected chi connectivity index (χ3v) is 9.35. The lowest BCUT2D eigenvalue weighted by Crippen LogP contribution is -2.55. The van der Waals surface area contributed by atoms with Crippen molar-refractivity contribution in [3.63, 3.8) is 0 Å². The monoisotopic (exact) mass is 553 g/mol. The summed E-state index contributed by atoms with van der Waals surface area (Å²) in [4.78, 5) is 19.8. The van der Waals surface area contributed by atoms with Crippen LogP contribution in [0.1, 0.15) is 49.9 Å². The van der Waals surface area contributed by atoms with E-state index >= 15 is 0 Å². The lowest BCUT2D eigenvalue weighted by atomic mass is 9.99. The second kappa shape index (κ2) is 11.8. The first-order valence-corrected chi connectivity index (χ1v) is 15.3. The number of aryl methyl sites for hydroxylation is 1. The van der Waals surface area contributed by atoms with E-state index in [0.717, 1.165) is 63.6 Å². The molecule has 1 aromatic heterocycles. The van der Waals surface area contributed by atoms with Gasteiger partial charge in [-0.15, -0.1) is 0 Å². The van der Waals surface area contributed by atoms with E-state index in [0.29, 0.717) is 31.1 Å². The van der Waals surface area contributed by atoms with Crippen LogP contribution < -0.4 is 14.5 Å². The van der Waals surface area contributed by atoms with Gasteiger partial charge in [0.25, 0.3) is 0 Å². The van der Waals surface area contributed by atoms with E-state index < -0.39 is 0 Å². The molecule has 3 aliphatic heterocycles. The Morgan fingerprint density at radius 3 is 2.61 bits per heavy atom. The van der Waals surface area contributed by atoms with Gasteiger partial charge in [-0.25, -0.2) is 0 Å².